The fourth-order valence-corrected chi connectivity index (χ4v) is 1.71. The van der Waals surface area contributed by atoms with Gasteiger partial charge in [0.25, 0.3) is 0 Å². The molecule has 0 unspecified atom stereocenters. The lowest BCUT2D eigenvalue weighted by atomic mass is 10.1. The first kappa shape index (κ1) is 15.5. The molecule has 1 aromatic carbocycles. The van der Waals surface area contributed by atoms with Crippen LogP contribution in [0.4, 0.5) is 0 Å². The maximum absolute atomic E-state index is 11.6. The number of ether oxygens (including phenoxy) is 1. The van der Waals surface area contributed by atoms with Crippen molar-refractivity contribution in [1.82, 2.24) is 5.32 Å². The fourth-order valence-electron chi connectivity index (χ4n) is 1.71. The number of aryl methyl sites for hydroxylation is 2. The molecule has 0 aliphatic rings. The third-order valence-corrected chi connectivity index (χ3v) is 2.97. The zero-order valence-electron chi connectivity index (χ0n) is 12.5. The van der Waals surface area contributed by atoms with Crippen molar-refractivity contribution >= 4 is 5.91 Å². The minimum Gasteiger partial charge on any atom is -0.493 e. The van der Waals surface area contributed by atoms with E-state index in [1.807, 2.05) is 26.0 Å². The number of carbonyl (C=O) groups is 1. The highest BCUT2D eigenvalue weighted by Crippen LogP contribution is 2.19. The van der Waals surface area contributed by atoms with Crippen LogP contribution >= 0.6 is 0 Å². The first-order chi connectivity index (χ1) is 8.99. The lowest BCUT2D eigenvalue weighted by Crippen LogP contribution is -2.26. The monoisotopic (exact) mass is 263 g/mol. The van der Waals surface area contributed by atoms with E-state index in [0.717, 1.165) is 24.3 Å². The van der Waals surface area contributed by atoms with E-state index in [9.17, 15) is 4.79 Å². The molecule has 106 valence electrons. The Hall–Kier alpha value is -1.51. The predicted molar refractivity (Wildman–Crippen MR) is 78.5 cm³/mol. The van der Waals surface area contributed by atoms with Gasteiger partial charge in [0, 0.05) is 6.54 Å². The van der Waals surface area contributed by atoms with E-state index in [1.165, 1.54) is 5.56 Å². The molecule has 0 saturated heterocycles. The number of hydrogen-bond acceptors (Lipinski definition) is 2. The Bertz CT molecular complexity index is 413. The van der Waals surface area contributed by atoms with Crippen molar-refractivity contribution in [2.24, 2.45) is 5.92 Å². The highest BCUT2D eigenvalue weighted by Gasteiger charge is 2.04. The van der Waals surface area contributed by atoms with Gasteiger partial charge in [-0.1, -0.05) is 26.0 Å². The molecule has 0 fully saturated rings. The summed E-state index contributed by atoms with van der Waals surface area (Å²) in [6.07, 6.45) is 1.43. The van der Waals surface area contributed by atoms with Crippen LogP contribution in [0.25, 0.3) is 0 Å². The van der Waals surface area contributed by atoms with Crippen LogP contribution in [0.3, 0.4) is 0 Å². The van der Waals surface area contributed by atoms with Crippen molar-refractivity contribution in [3.63, 3.8) is 0 Å². The van der Waals surface area contributed by atoms with E-state index in [4.69, 9.17) is 4.74 Å². The Labute approximate surface area is 116 Å². The molecule has 0 aliphatic heterocycles. The third kappa shape index (κ3) is 6.27. The van der Waals surface area contributed by atoms with E-state index >= 15 is 0 Å². The zero-order chi connectivity index (χ0) is 14.3. The summed E-state index contributed by atoms with van der Waals surface area (Å²) in [5.74, 6) is 1.55. The van der Waals surface area contributed by atoms with Crippen LogP contribution in [-0.4, -0.2) is 19.1 Å². The number of nitrogens with one attached hydrogen (secondary N) is 1. The van der Waals surface area contributed by atoms with Gasteiger partial charge >= 0.3 is 0 Å². The molecule has 0 saturated carbocycles. The van der Waals surface area contributed by atoms with Crippen molar-refractivity contribution in [2.75, 3.05) is 13.2 Å². The highest BCUT2D eigenvalue weighted by atomic mass is 16.5. The van der Waals surface area contributed by atoms with Crippen LogP contribution < -0.4 is 10.1 Å². The normalized spacial score (nSPS) is 10.6. The van der Waals surface area contributed by atoms with Gasteiger partial charge in [0.2, 0.25) is 5.91 Å². The Morgan fingerprint density at radius 1 is 1.32 bits per heavy atom. The lowest BCUT2D eigenvalue weighted by molar-refractivity contribution is -0.121. The zero-order valence-corrected chi connectivity index (χ0v) is 12.5. The number of benzene rings is 1. The van der Waals surface area contributed by atoms with Gasteiger partial charge in [-0.05, 0) is 43.4 Å². The number of rotatable bonds is 7. The SMILES string of the molecule is Cc1ccc(C)c(OCCC(=O)NCCC(C)C)c1. The molecule has 0 radical (unpaired) electrons. The maximum Gasteiger partial charge on any atom is 0.223 e. The van der Waals surface area contributed by atoms with Gasteiger partial charge < -0.3 is 10.1 Å². The standard InChI is InChI=1S/C16H25NO2/c1-12(2)7-9-17-16(18)8-10-19-15-11-13(3)5-6-14(15)4/h5-6,11-12H,7-10H2,1-4H3,(H,17,18). The molecule has 0 aromatic heterocycles. The van der Waals surface area contributed by atoms with E-state index in [1.54, 1.807) is 0 Å². The Kier molecular flexibility index (Phi) is 6.40. The Morgan fingerprint density at radius 3 is 2.74 bits per heavy atom. The number of amides is 1. The van der Waals surface area contributed by atoms with Gasteiger partial charge in [-0.15, -0.1) is 0 Å². The van der Waals surface area contributed by atoms with Gasteiger partial charge in [-0.2, -0.15) is 0 Å². The minimum absolute atomic E-state index is 0.0611. The average Bonchev–Trinajstić information content (AvgIpc) is 2.33. The second kappa shape index (κ2) is 7.82. The minimum atomic E-state index is 0.0611. The van der Waals surface area contributed by atoms with Crippen molar-refractivity contribution < 1.29 is 9.53 Å². The predicted octanol–water partition coefficient (Wildman–Crippen LogP) is 3.23. The van der Waals surface area contributed by atoms with Gasteiger partial charge in [0.05, 0.1) is 13.0 Å². The largest absolute Gasteiger partial charge is 0.493 e. The van der Waals surface area contributed by atoms with Gasteiger partial charge in [-0.25, -0.2) is 0 Å². The smallest absolute Gasteiger partial charge is 0.223 e. The van der Waals surface area contributed by atoms with Gasteiger partial charge in [-0.3, -0.25) is 4.79 Å². The molecular weight excluding hydrogens is 238 g/mol. The molecule has 1 rings (SSSR count). The quantitative estimate of drug-likeness (QED) is 0.820. The second-order valence-electron chi connectivity index (χ2n) is 5.40. The fraction of sp³-hybridized carbons (Fsp3) is 0.562. The number of carbonyl (C=O) groups excluding carboxylic acids is 1. The average molecular weight is 263 g/mol. The summed E-state index contributed by atoms with van der Waals surface area (Å²) in [5, 5.41) is 2.91. The number of hydrogen-bond donors (Lipinski definition) is 1. The molecule has 3 heteroatoms. The molecule has 0 aliphatic carbocycles. The lowest BCUT2D eigenvalue weighted by Gasteiger charge is -2.10. The third-order valence-electron chi connectivity index (χ3n) is 2.97. The molecule has 0 bridgehead atoms. The molecule has 3 nitrogen and oxygen atoms in total. The van der Waals surface area contributed by atoms with Crippen LogP contribution in [0.5, 0.6) is 5.75 Å². The van der Waals surface area contributed by atoms with Gasteiger partial charge in [0.1, 0.15) is 5.75 Å². The summed E-state index contributed by atoms with van der Waals surface area (Å²) in [5.41, 5.74) is 2.27. The highest BCUT2D eigenvalue weighted by molar-refractivity contribution is 5.75. The Balaban J connectivity index is 2.26. The molecule has 0 heterocycles. The molecule has 1 aromatic rings. The molecule has 0 spiro atoms. The van der Waals surface area contributed by atoms with Crippen molar-refractivity contribution in [1.29, 1.82) is 0 Å². The molecule has 1 N–H and O–H groups in total. The van der Waals surface area contributed by atoms with Crippen molar-refractivity contribution in [3.8, 4) is 5.75 Å². The molecule has 0 atom stereocenters. The van der Waals surface area contributed by atoms with E-state index in [0.29, 0.717) is 18.9 Å². The second-order valence-corrected chi connectivity index (χ2v) is 5.40. The Morgan fingerprint density at radius 2 is 2.05 bits per heavy atom. The summed E-state index contributed by atoms with van der Waals surface area (Å²) in [7, 11) is 0. The summed E-state index contributed by atoms with van der Waals surface area (Å²) in [6, 6.07) is 6.10. The van der Waals surface area contributed by atoms with E-state index in [-0.39, 0.29) is 5.91 Å². The first-order valence-corrected chi connectivity index (χ1v) is 6.96. The van der Waals surface area contributed by atoms with Crippen LogP contribution in [-0.2, 0) is 4.79 Å². The van der Waals surface area contributed by atoms with E-state index < -0.39 is 0 Å². The topological polar surface area (TPSA) is 38.3 Å². The molecule has 19 heavy (non-hydrogen) atoms. The molecular formula is C16H25NO2. The van der Waals surface area contributed by atoms with Crippen LogP contribution in [0, 0.1) is 19.8 Å². The first-order valence-electron chi connectivity index (χ1n) is 6.96. The van der Waals surface area contributed by atoms with Crippen molar-refractivity contribution in [3.05, 3.63) is 29.3 Å². The summed E-state index contributed by atoms with van der Waals surface area (Å²) >= 11 is 0. The van der Waals surface area contributed by atoms with Crippen LogP contribution in [0.2, 0.25) is 0 Å². The van der Waals surface area contributed by atoms with Crippen LogP contribution in [0.15, 0.2) is 18.2 Å². The maximum atomic E-state index is 11.6. The summed E-state index contributed by atoms with van der Waals surface area (Å²) < 4.78 is 5.65. The van der Waals surface area contributed by atoms with E-state index in [2.05, 4.69) is 25.2 Å². The van der Waals surface area contributed by atoms with Crippen molar-refractivity contribution in [2.45, 2.75) is 40.5 Å². The van der Waals surface area contributed by atoms with Gasteiger partial charge in [0.15, 0.2) is 0 Å². The summed E-state index contributed by atoms with van der Waals surface area (Å²) in [4.78, 5) is 11.6. The summed E-state index contributed by atoms with van der Waals surface area (Å²) in [6.45, 7) is 9.52. The molecule has 1 amide bonds. The van der Waals surface area contributed by atoms with Crippen LogP contribution in [0.1, 0.15) is 37.8 Å².